The van der Waals surface area contributed by atoms with E-state index in [1.165, 1.54) is 44.5 Å². The molecule has 1 aromatic heterocycles. The summed E-state index contributed by atoms with van der Waals surface area (Å²) in [7, 11) is 4.29. The van der Waals surface area contributed by atoms with Crippen LogP contribution in [0.5, 0.6) is 0 Å². The summed E-state index contributed by atoms with van der Waals surface area (Å²) in [6.45, 7) is 5.67. The standard InChI is InChI=1S/C15H25N3/c1-13-7-8-14(12-16-13)15-6-4-10-18(15)11-5-9-17(2)3/h7-8,12,15H,4-6,9-11H2,1-3H3/t15-/m0/s1. The van der Waals surface area contributed by atoms with Crippen LogP contribution in [-0.2, 0) is 0 Å². The molecule has 0 radical (unpaired) electrons. The minimum atomic E-state index is 0.597. The van der Waals surface area contributed by atoms with Crippen LogP contribution >= 0.6 is 0 Å². The van der Waals surface area contributed by atoms with Crippen LogP contribution in [-0.4, -0.2) is 48.5 Å². The van der Waals surface area contributed by atoms with Crippen LogP contribution < -0.4 is 0 Å². The average molecular weight is 247 g/mol. The predicted molar refractivity (Wildman–Crippen MR) is 75.7 cm³/mol. The van der Waals surface area contributed by atoms with Crippen LogP contribution in [0, 0.1) is 6.92 Å². The zero-order valence-corrected chi connectivity index (χ0v) is 11.9. The fraction of sp³-hybridized carbons (Fsp3) is 0.667. The molecule has 0 aromatic carbocycles. The van der Waals surface area contributed by atoms with Gasteiger partial charge in [-0.2, -0.15) is 0 Å². The molecule has 18 heavy (non-hydrogen) atoms. The molecule has 2 rings (SSSR count). The highest BCUT2D eigenvalue weighted by molar-refractivity contribution is 5.18. The van der Waals surface area contributed by atoms with Gasteiger partial charge in [-0.1, -0.05) is 6.07 Å². The monoisotopic (exact) mass is 247 g/mol. The minimum absolute atomic E-state index is 0.597. The van der Waals surface area contributed by atoms with Gasteiger partial charge in [-0.15, -0.1) is 0 Å². The lowest BCUT2D eigenvalue weighted by molar-refractivity contribution is 0.240. The smallest absolute Gasteiger partial charge is 0.0372 e. The Morgan fingerprint density at radius 1 is 1.39 bits per heavy atom. The zero-order chi connectivity index (χ0) is 13.0. The predicted octanol–water partition coefficient (Wildman–Crippen LogP) is 2.48. The van der Waals surface area contributed by atoms with E-state index in [2.05, 4.69) is 47.2 Å². The second-order valence-electron chi connectivity index (χ2n) is 5.58. The lowest BCUT2D eigenvalue weighted by Crippen LogP contribution is -2.27. The number of aromatic nitrogens is 1. The summed E-state index contributed by atoms with van der Waals surface area (Å²) in [5.41, 5.74) is 2.50. The summed E-state index contributed by atoms with van der Waals surface area (Å²) >= 11 is 0. The zero-order valence-electron chi connectivity index (χ0n) is 11.9. The van der Waals surface area contributed by atoms with E-state index in [-0.39, 0.29) is 0 Å². The summed E-state index contributed by atoms with van der Waals surface area (Å²) in [5.74, 6) is 0. The molecule has 3 nitrogen and oxygen atoms in total. The van der Waals surface area contributed by atoms with Crippen LogP contribution in [0.15, 0.2) is 18.3 Å². The van der Waals surface area contributed by atoms with Crippen molar-refractivity contribution in [2.24, 2.45) is 0 Å². The fourth-order valence-corrected chi connectivity index (χ4v) is 2.74. The Morgan fingerprint density at radius 2 is 2.22 bits per heavy atom. The normalized spacial score (nSPS) is 20.8. The van der Waals surface area contributed by atoms with E-state index in [0.717, 1.165) is 5.69 Å². The van der Waals surface area contributed by atoms with Gasteiger partial charge in [0.25, 0.3) is 0 Å². The highest BCUT2D eigenvalue weighted by Gasteiger charge is 2.25. The van der Waals surface area contributed by atoms with Gasteiger partial charge in [-0.05, 0) is 71.5 Å². The third-order valence-electron chi connectivity index (χ3n) is 3.73. The van der Waals surface area contributed by atoms with Gasteiger partial charge >= 0.3 is 0 Å². The number of likely N-dealkylation sites (tertiary alicyclic amines) is 1. The molecule has 0 aliphatic carbocycles. The van der Waals surface area contributed by atoms with Crippen molar-refractivity contribution in [3.63, 3.8) is 0 Å². The third kappa shape index (κ3) is 3.53. The Labute approximate surface area is 111 Å². The fourth-order valence-electron chi connectivity index (χ4n) is 2.74. The van der Waals surface area contributed by atoms with Crippen molar-refractivity contribution in [1.29, 1.82) is 0 Å². The maximum atomic E-state index is 4.43. The van der Waals surface area contributed by atoms with Gasteiger partial charge < -0.3 is 4.90 Å². The number of nitrogens with zero attached hydrogens (tertiary/aromatic N) is 3. The van der Waals surface area contributed by atoms with Gasteiger partial charge in [0.1, 0.15) is 0 Å². The number of aryl methyl sites for hydroxylation is 1. The Hall–Kier alpha value is -0.930. The highest BCUT2D eigenvalue weighted by Crippen LogP contribution is 2.31. The molecule has 0 spiro atoms. The molecule has 0 amide bonds. The number of hydrogen-bond donors (Lipinski definition) is 0. The Bertz CT molecular complexity index is 359. The van der Waals surface area contributed by atoms with Gasteiger partial charge in [0.2, 0.25) is 0 Å². The molecule has 1 atom stereocenters. The topological polar surface area (TPSA) is 19.4 Å². The van der Waals surface area contributed by atoms with E-state index in [1.807, 2.05) is 6.92 Å². The molecular formula is C15H25N3. The summed E-state index contributed by atoms with van der Waals surface area (Å²) in [6, 6.07) is 4.98. The van der Waals surface area contributed by atoms with E-state index in [4.69, 9.17) is 0 Å². The Morgan fingerprint density at radius 3 is 2.89 bits per heavy atom. The largest absolute Gasteiger partial charge is 0.309 e. The summed E-state index contributed by atoms with van der Waals surface area (Å²) in [5, 5.41) is 0. The SMILES string of the molecule is Cc1ccc([C@@H]2CCCN2CCCN(C)C)cn1. The molecule has 2 heterocycles. The maximum Gasteiger partial charge on any atom is 0.0372 e. The van der Waals surface area contributed by atoms with Crippen LogP contribution in [0.25, 0.3) is 0 Å². The highest BCUT2D eigenvalue weighted by atomic mass is 15.2. The van der Waals surface area contributed by atoms with Crippen molar-refractivity contribution in [2.45, 2.75) is 32.2 Å². The third-order valence-corrected chi connectivity index (χ3v) is 3.73. The van der Waals surface area contributed by atoms with Crippen molar-refractivity contribution in [1.82, 2.24) is 14.8 Å². The molecule has 100 valence electrons. The summed E-state index contributed by atoms with van der Waals surface area (Å²) in [4.78, 5) is 9.32. The first-order valence-electron chi connectivity index (χ1n) is 6.98. The van der Waals surface area contributed by atoms with Crippen molar-refractivity contribution < 1.29 is 0 Å². The molecule has 1 fully saturated rings. The van der Waals surface area contributed by atoms with Gasteiger partial charge in [-0.3, -0.25) is 9.88 Å². The van der Waals surface area contributed by atoms with Crippen LogP contribution in [0.1, 0.15) is 36.6 Å². The molecule has 1 aromatic rings. The quantitative estimate of drug-likeness (QED) is 0.797. The van der Waals surface area contributed by atoms with E-state index in [9.17, 15) is 0 Å². The molecule has 0 saturated carbocycles. The molecule has 0 bridgehead atoms. The molecule has 3 heteroatoms. The van der Waals surface area contributed by atoms with Crippen molar-refractivity contribution in [2.75, 3.05) is 33.7 Å². The van der Waals surface area contributed by atoms with E-state index < -0.39 is 0 Å². The van der Waals surface area contributed by atoms with E-state index in [1.54, 1.807) is 0 Å². The molecule has 0 N–H and O–H groups in total. The van der Waals surface area contributed by atoms with Crippen molar-refractivity contribution in [3.05, 3.63) is 29.6 Å². The molecule has 1 aliphatic rings. The second-order valence-corrected chi connectivity index (χ2v) is 5.58. The van der Waals surface area contributed by atoms with E-state index in [0.29, 0.717) is 6.04 Å². The number of rotatable bonds is 5. The Kier molecular flexibility index (Phi) is 4.72. The maximum absolute atomic E-state index is 4.43. The second kappa shape index (κ2) is 6.30. The van der Waals surface area contributed by atoms with Gasteiger partial charge in [-0.25, -0.2) is 0 Å². The summed E-state index contributed by atoms with van der Waals surface area (Å²) in [6.07, 6.45) is 5.92. The van der Waals surface area contributed by atoms with Crippen molar-refractivity contribution in [3.8, 4) is 0 Å². The van der Waals surface area contributed by atoms with Crippen LogP contribution in [0.4, 0.5) is 0 Å². The van der Waals surface area contributed by atoms with Gasteiger partial charge in [0, 0.05) is 17.9 Å². The number of pyridine rings is 1. The van der Waals surface area contributed by atoms with E-state index >= 15 is 0 Å². The van der Waals surface area contributed by atoms with Crippen LogP contribution in [0.2, 0.25) is 0 Å². The van der Waals surface area contributed by atoms with Crippen LogP contribution in [0.3, 0.4) is 0 Å². The summed E-state index contributed by atoms with van der Waals surface area (Å²) < 4.78 is 0. The van der Waals surface area contributed by atoms with Crippen molar-refractivity contribution >= 4 is 0 Å². The lowest BCUT2D eigenvalue weighted by Gasteiger charge is -2.25. The molecule has 1 saturated heterocycles. The average Bonchev–Trinajstić information content (AvgIpc) is 2.78. The molecule has 1 aliphatic heterocycles. The van der Waals surface area contributed by atoms with Gasteiger partial charge in [0.05, 0.1) is 0 Å². The van der Waals surface area contributed by atoms with Gasteiger partial charge in [0.15, 0.2) is 0 Å². The lowest BCUT2D eigenvalue weighted by atomic mass is 10.1. The molecule has 0 unspecified atom stereocenters. The first kappa shape index (κ1) is 13.5. The number of hydrogen-bond acceptors (Lipinski definition) is 3. The minimum Gasteiger partial charge on any atom is -0.309 e. The molecular weight excluding hydrogens is 222 g/mol. The first-order valence-corrected chi connectivity index (χ1v) is 6.98. The Balaban J connectivity index is 1.92. The first-order chi connectivity index (χ1) is 8.66.